The summed E-state index contributed by atoms with van der Waals surface area (Å²) >= 11 is 0. The summed E-state index contributed by atoms with van der Waals surface area (Å²) in [6.45, 7) is 2.47. The average molecular weight is 481 g/mol. The highest BCUT2D eigenvalue weighted by Crippen LogP contribution is 2.23. The van der Waals surface area contributed by atoms with Crippen molar-refractivity contribution >= 4 is 37.5 Å². The van der Waals surface area contributed by atoms with Crippen LogP contribution in [0.4, 0.5) is 11.4 Å². The molecule has 1 saturated heterocycles. The first kappa shape index (κ1) is 24.2. The summed E-state index contributed by atoms with van der Waals surface area (Å²) in [4.78, 5) is 12.7. The van der Waals surface area contributed by atoms with E-state index < -0.39 is 20.2 Å². The smallest absolute Gasteiger partial charge is 0.281 e. The Morgan fingerprint density at radius 3 is 1.97 bits per heavy atom. The zero-order chi connectivity index (χ0) is 23.5. The number of piperidine rings is 1. The topological polar surface area (TPSA) is 116 Å². The van der Waals surface area contributed by atoms with E-state index in [-0.39, 0.29) is 29.8 Å². The Hall–Kier alpha value is -2.47. The fraction of sp³-hybridized carbons (Fsp3) is 0.381. The summed E-state index contributed by atoms with van der Waals surface area (Å²) in [5.41, 5.74) is 1.97. The summed E-state index contributed by atoms with van der Waals surface area (Å²) in [6.07, 6.45) is 0.845. The van der Waals surface area contributed by atoms with Gasteiger partial charge in [-0.15, -0.1) is 0 Å². The highest BCUT2D eigenvalue weighted by atomic mass is 32.2. The van der Waals surface area contributed by atoms with Gasteiger partial charge in [0, 0.05) is 44.5 Å². The number of benzene rings is 2. The van der Waals surface area contributed by atoms with E-state index in [0.717, 1.165) is 9.87 Å². The van der Waals surface area contributed by atoms with E-state index in [2.05, 4.69) is 10.0 Å². The van der Waals surface area contributed by atoms with E-state index in [9.17, 15) is 21.6 Å². The quantitative estimate of drug-likeness (QED) is 0.631. The summed E-state index contributed by atoms with van der Waals surface area (Å²) in [6, 6.07) is 12.9. The molecule has 0 saturated carbocycles. The Morgan fingerprint density at radius 1 is 0.906 bits per heavy atom. The number of aryl methyl sites for hydroxylation is 1. The van der Waals surface area contributed by atoms with Crippen LogP contribution in [0.3, 0.4) is 0 Å². The first-order valence-corrected chi connectivity index (χ1v) is 13.0. The zero-order valence-corrected chi connectivity index (χ0v) is 19.9. The van der Waals surface area contributed by atoms with Crippen LogP contribution in [0, 0.1) is 12.8 Å². The summed E-state index contributed by atoms with van der Waals surface area (Å²) in [5, 5.41) is 2.79. The molecule has 3 rings (SSSR count). The van der Waals surface area contributed by atoms with Crippen LogP contribution in [0.2, 0.25) is 0 Å². The molecular weight excluding hydrogens is 452 g/mol. The van der Waals surface area contributed by atoms with Crippen molar-refractivity contribution in [1.29, 1.82) is 0 Å². The molecule has 0 radical (unpaired) electrons. The van der Waals surface area contributed by atoms with Crippen molar-refractivity contribution in [2.24, 2.45) is 5.92 Å². The first-order valence-electron chi connectivity index (χ1n) is 10.2. The second kappa shape index (κ2) is 9.57. The maximum Gasteiger partial charge on any atom is 0.281 e. The minimum Gasteiger partial charge on any atom is -0.326 e. The maximum atomic E-state index is 12.6. The molecular formula is C21H28N4O5S2. The van der Waals surface area contributed by atoms with Crippen LogP contribution in [0.15, 0.2) is 53.4 Å². The molecule has 0 unspecified atom stereocenters. The van der Waals surface area contributed by atoms with Crippen molar-refractivity contribution in [1.82, 2.24) is 8.61 Å². The summed E-state index contributed by atoms with van der Waals surface area (Å²) in [7, 11) is -4.27. The third-order valence-electron chi connectivity index (χ3n) is 5.35. The van der Waals surface area contributed by atoms with E-state index >= 15 is 0 Å². The van der Waals surface area contributed by atoms with Crippen molar-refractivity contribution in [2.75, 3.05) is 37.2 Å². The van der Waals surface area contributed by atoms with Crippen LogP contribution in [0.5, 0.6) is 0 Å². The van der Waals surface area contributed by atoms with E-state index in [1.165, 1.54) is 42.7 Å². The predicted molar refractivity (Wildman–Crippen MR) is 124 cm³/mol. The van der Waals surface area contributed by atoms with Crippen LogP contribution in [-0.2, 0) is 25.0 Å². The fourth-order valence-corrected chi connectivity index (χ4v) is 5.57. The third kappa shape index (κ3) is 5.66. The molecule has 1 heterocycles. The molecule has 1 aliphatic heterocycles. The standard InChI is InChI=1S/C21H28N4O5S2/c1-16-4-6-19(7-5-16)23-31(27,28)20-10-8-18(9-11-20)22-21(26)17-12-14-25(15-13-17)32(29,30)24(2)3/h4-11,17,23H,12-15H2,1-3H3,(H,22,26). The molecule has 1 amide bonds. The lowest BCUT2D eigenvalue weighted by molar-refractivity contribution is -0.120. The largest absolute Gasteiger partial charge is 0.326 e. The first-order chi connectivity index (χ1) is 15.0. The molecule has 2 aromatic carbocycles. The third-order valence-corrected chi connectivity index (χ3v) is 8.69. The van der Waals surface area contributed by atoms with Gasteiger partial charge in [-0.05, 0) is 56.2 Å². The van der Waals surface area contributed by atoms with Gasteiger partial charge in [0.15, 0.2) is 0 Å². The molecule has 174 valence electrons. The van der Waals surface area contributed by atoms with Gasteiger partial charge in [0.25, 0.3) is 20.2 Å². The number of rotatable bonds is 7. The Kier molecular flexibility index (Phi) is 7.23. The monoisotopic (exact) mass is 480 g/mol. The number of nitrogens with one attached hydrogen (secondary N) is 2. The average Bonchev–Trinajstić information content (AvgIpc) is 2.75. The van der Waals surface area contributed by atoms with Gasteiger partial charge in [0.1, 0.15) is 0 Å². The van der Waals surface area contributed by atoms with Crippen molar-refractivity contribution in [2.45, 2.75) is 24.7 Å². The minimum absolute atomic E-state index is 0.0817. The molecule has 0 atom stereocenters. The van der Waals surface area contributed by atoms with Crippen LogP contribution >= 0.6 is 0 Å². The number of hydrogen-bond acceptors (Lipinski definition) is 5. The second-order valence-electron chi connectivity index (χ2n) is 7.95. The minimum atomic E-state index is -3.75. The number of nitrogens with zero attached hydrogens (tertiary/aromatic N) is 2. The van der Waals surface area contributed by atoms with Crippen LogP contribution in [-0.4, -0.2) is 58.5 Å². The van der Waals surface area contributed by atoms with Crippen LogP contribution in [0.25, 0.3) is 0 Å². The predicted octanol–water partition coefficient (Wildman–Crippen LogP) is 2.25. The molecule has 2 N–H and O–H groups in total. The van der Waals surface area contributed by atoms with Crippen molar-refractivity contribution in [3.05, 3.63) is 54.1 Å². The van der Waals surface area contributed by atoms with Gasteiger partial charge in [-0.25, -0.2) is 8.42 Å². The Labute approximate surface area is 189 Å². The second-order valence-corrected chi connectivity index (χ2v) is 11.8. The fourth-order valence-electron chi connectivity index (χ4n) is 3.38. The molecule has 11 heteroatoms. The highest BCUT2D eigenvalue weighted by molar-refractivity contribution is 7.92. The van der Waals surface area contributed by atoms with Crippen molar-refractivity contribution < 1.29 is 21.6 Å². The van der Waals surface area contributed by atoms with Gasteiger partial charge in [-0.2, -0.15) is 17.0 Å². The van der Waals surface area contributed by atoms with E-state index in [0.29, 0.717) is 24.2 Å². The van der Waals surface area contributed by atoms with Gasteiger partial charge in [0.05, 0.1) is 4.90 Å². The number of carbonyl (C=O) groups is 1. The molecule has 2 aromatic rings. The van der Waals surface area contributed by atoms with E-state index in [1.54, 1.807) is 12.1 Å². The van der Waals surface area contributed by atoms with Gasteiger partial charge >= 0.3 is 0 Å². The zero-order valence-electron chi connectivity index (χ0n) is 18.3. The lowest BCUT2D eigenvalue weighted by Crippen LogP contribution is -2.46. The lowest BCUT2D eigenvalue weighted by Gasteiger charge is -2.32. The molecule has 0 aromatic heterocycles. The van der Waals surface area contributed by atoms with Crippen molar-refractivity contribution in [3.63, 3.8) is 0 Å². The number of amides is 1. The Balaban J connectivity index is 1.58. The van der Waals surface area contributed by atoms with Gasteiger partial charge < -0.3 is 5.32 Å². The van der Waals surface area contributed by atoms with Crippen LogP contribution < -0.4 is 10.0 Å². The normalized spacial score (nSPS) is 16.1. The Morgan fingerprint density at radius 2 is 1.44 bits per heavy atom. The van der Waals surface area contributed by atoms with Gasteiger partial charge in [-0.3, -0.25) is 9.52 Å². The molecule has 32 heavy (non-hydrogen) atoms. The Bertz CT molecular complexity index is 1150. The molecule has 0 bridgehead atoms. The molecule has 0 spiro atoms. The van der Waals surface area contributed by atoms with Crippen molar-refractivity contribution in [3.8, 4) is 0 Å². The van der Waals surface area contributed by atoms with Gasteiger partial charge in [-0.1, -0.05) is 17.7 Å². The number of carbonyl (C=O) groups excluding carboxylic acids is 1. The lowest BCUT2D eigenvalue weighted by atomic mass is 9.97. The van der Waals surface area contributed by atoms with E-state index in [1.807, 2.05) is 19.1 Å². The summed E-state index contributed by atoms with van der Waals surface area (Å²) < 4.78 is 54.6. The molecule has 0 aliphatic carbocycles. The molecule has 9 nitrogen and oxygen atoms in total. The summed E-state index contributed by atoms with van der Waals surface area (Å²) in [5.74, 6) is -0.518. The van der Waals surface area contributed by atoms with Crippen LogP contribution in [0.1, 0.15) is 18.4 Å². The number of sulfonamides is 1. The number of hydrogen-bond donors (Lipinski definition) is 2. The molecule has 1 fully saturated rings. The maximum absolute atomic E-state index is 12.6. The highest BCUT2D eigenvalue weighted by Gasteiger charge is 2.32. The van der Waals surface area contributed by atoms with E-state index in [4.69, 9.17) is 0 Å². The molecule has 1 aliphatic rings. The SMILES string of the molecule is Cc1ccc(NS(=O)(=O)c2ccc(NC(=O)C3CCN(S(=O)(=O)N(C)C)CC3)cc2)cc1. The van der Waals surface area contributed by atoms with Gasteiger partial charge in [0.2, 0.25) is 5.91 Å². The number of anilines is 2.